The van der Waals surface area contributed by atoms with Crippen LogP contribution in [0.25, 0.3) is 0 Å². The van der Waals surface area contributed by atoms with Crippen molar-refractivity contribution in [1.82, 2.24) is 4.90 Å². The molecule has 29 heavy (non-hydrogen) atoms. The Balaban J connectivity index is 1.53. The summed E-state index contributed by atoms with van der Waals surface area (Å²) in [5.74, 6) is -0.491. The van der Waals surface area contributed by atoms with Gasteiger partial charge in [-0.25, -0.2) is 4.79 Å². The third-order valence-electron chi connectivity index (χ3n) is 4.03. The van der Waals surface area contributed by atoms with Gasteiger partial charge >= 0.3 is 12.4 Å². The lowest BCUT2D eigenvalue weighted by Crippen LogP contribution is -2.40. The molecule has 3 rings (SSSR count). The maximum atomic E-state index is 12.4. The first-order chi connectivity index (χ1) is 13.8. The summed E-state index contributed by atoms with van der Waals surface area (Å²) in [6.45, 7) is 2.09. The summed E-state index contributed by atoms with van der Waals surface area (Å²) < 4.78 is 45.4. The van der Waals surface area contributed by atoms with Crippen molar-refractivity contribution in [3.63, 3.8) is 0 Å². The number of morpholine rings is 1. The van der Waals surface area contributed by atoms with Crippen LogP contribution >= 0.6 is 0 Å². The average molecular weight is 409 g/mol. The van der Waals surface area contributed by atoms with Crippen molar-refractivity contribution in [2.24, 2.45) is 0 Å². The fraction of sp³-hybridized carbons (Fsp3) is 0.263. The number of carbonyl (C=O) groups is 2. The van der Waals surface area contributed by atoms with Crippen molar-refractivity contribution in [2.75, 3.05) is 36.9 Å². The molecule has 154 valence electrons. The van der Waals surface area contributed by atoms with Gasteiger partial charge in [0.25, 0.3) is 5.91 Å². The van der Waals surface area contributed by atoms with E-state index in [9.17, 15) is 22.8 Å². The van der Waals surface area contributed by atoms with Crippen molar-refractivity contribution in [1.29, 1.82) is 0 Å². The van der Waals surface area contributed by atoms with Gasteiger partial charge in [-0.1, -0.05) is 0 Å². The van der Waals surface area contributed by atoms with E-state index >= 15 is 0 Å². The minimum Gasteiger partial charge on any atom is -0.406 e. The highest BCUT2D eigenvalue weighted by molar-refractivity contribution is 6.00. The minimum absolute atomic E-state index is 0.106. The zero-order valence-electron chi connectivity index (χ0n) is 15.2. The number of halogens is 3. The predicted molar refractivity (Wildman–Crippen MR) is 98.9 cm³/mol. The molecule has 1 heterocycles. The highest BCUT2D eigenvalue weighted by atomic mass is 19.4. The molecule has 1 aliphatic heterocycles. The van der Waals surface area contributed by atoms with Crippen LogP contribution in [-0.2, 0) is 4.74 Å². The van der Waals surface area contributed by atoms with Gasteiger partial charge in [0.1, 0.15) is 5.75 Å². The van der Waals surface area contributed by atoms with E-state index in [0.717, 1.165) is 12.1 Å². The number of anilines is 2. The van der Waals surface area contributed by atoms with Crippen LogP contribution < -0.4 is 15.4 Å². The van der Waals surface area contributed by atoms with Crippen LogP contribution in [0.15, 0.2) is 48.5 Å². The molecule has 1 fully saturated rings. The number of benzene rings is 2. The molecule has 0 aliphatic carbocycles. The monoisotopic (exact) mass is 409 g/mol. The quantitative estimate of drug-likeness (QED) is 0.807. The first-order valence-corrected chi connectivity index (χ1v) is 8.71. The van der Waals surface area contributed by atoms with E-state index in [1.807, 2.05) is 0 Å². The summed E-state index contributed by atoms with van der Waals surface area (Å²) in [5, 5.41) is 5.08. The van der Waals surface area contributed by atoms with Gasteiger partial charge in [0.2, 0.25) is 0 Å². The number of nitrogens with one attached hydrogen (secondary N) is 2. The zero-order valence-corrected chi connectivity index (χ0v) is 15.2. The van der Waals surface area contributed by atoms with Crippen molar-refractivity contribution in [3.8, 4) is 5.75 Å². The lowest BCUT2D eigenvalue weighted by molar-refractivity contribution is -0.274. The van der Waals surface area contributed by atoms with E-state index in [4.69, 9.17) is 4.74 Å². The molecule has 10 heteroatoms. The van der Waals surface area contributed by atoms with Crippen molar-refractivity contribution < 1.29 is 32.2 Å². The summed E-state index contributed by atoms with van der Waals surface area (Å²) in [7, 11) is 0. The molecule has 0 unspecified atom stereocenters. The van der Waals surface area contributed by atoms with Crippen molar-refractivity contribution in [3.05, 3.63) is 54.1 Å². The van der Waals surface area contributed by atoms with E-state index in [-0.39, 0.29) is 17.3 Å². The van der Waals surface area contributed by atoms with Crippen LogP contribution in [0.3, 0.4) is 0 Å². The van der Waals surface area contributed by atoms with Gasteiger partial charge in [0, 0.05) is 30.0 Å². The third kappa shape index (κ3) is 6.11. The van der Waals surface area contributed by atoms with Crippen LogP contribution in [0, 0.1) is 0 Å². The number of rotatable bonds is 4. The van der Waals surface area contributed by atoms with Gasteiger partial charge in [-0.15, -0.1) is 13.2 Å². The number of amides is 3. The smallest absolute Gasteiger partial charge is 0.406 e. The van der Waals surface area contributed by atoms with E-state index in [1.54, 1.807) is 29.2 Å². The van der Waals surface area contributed by atoms with Gasteiger partial charge in [0.05, 0.1) is 13.2 Å². The maximum Gasteiger partial charge on any atom is 0.573 e. The molecule has 0 bridgehead atoms. The normalized spacial score (nSPS) is 14.2. The molecule has 3 amide bonds. The number of carbonyl (C=O) groups excluding carboxylic acids is 2. The number of nitrogens with zero attached hydrogens (tertiary/aromatic N) is 1. The number of hydrogen-bond donors (Lipinski definition) is 2. The number of alkyl halides is 3. The van der Waals surface area contributed by atoms with Crippen LogP contribution in [0.2, 0.25) is 0 Å². The van der Waals surface area contributed by atoms with Crippen LogP contribution in [0.5, 0.6) is 5.75 Å². The molecule has 0 aromatic heterocycles. The van der Waals surface area contributed by atoms with Gasteiger partial charge in [0.15, 0.2) is 0 Å². The molecular formula is C19H18F3N3O4. The minimum atomic E-state index is -4.78. The molecule has 7 nitrogen and oxygen atoms in total. The predicted octanol–water partition coefficient (Wildman–Crippen LogP) is 3.70. The SMILES string of the molecule is O=C(Nc1ccc(OC(F)(F)F)cc1)Nc1ccc(C(=O)N2CCOCC2)cc1. The Hall–Kier alpha value is -3.27. The summed E-state index contributed by atoms with van der Waals surface area (Å²) in [6, 6.07) is 10.6. The molecule has 2 aromatic carbocycles. The Kier molecular flexibility index (Phi) is 6.23. The van der Waals surface area contributed by atoms with Crippen LogP contribution in [-0.4, -0.2) is 49.5 Å². The number of hydrogen-bond acceptors (Lipinski definition) is 4. The molecule has 0 atom stereocenters. The van der Waals surface area contributed by atoms with E-state index in [2.05, 4.69) is 15.4 Å². The lowest BCUT2D eigenvalue weighted by atomic mass is 10.1. The molecule has 0 spiro atoms. The molecule has 0 radical (unpaired) electrons. The third-order valence-corrected chi connectivity index (χ3v) is 4.03. The van der Waals surface area contributed by atoms with Gasteiger partial charge in [-0.3, -0.25) is 4.79 Å². The summed E-state index contributed by atoms with van der Waals surface area (Å²) >= 11 is 0. The molecule has 2 N–H and O–H groups in total. The molecule has 2 aromatic rings. The van der Waals surface area contributed by atoms with Crippen LogP contribution in [0.1, 0.15) is 10.4 Å². The standard InChI is InChI=1S/C19H18F3N3O4/c20-19(21,22)29-16-7-5-15(6-8-16)24-18(27)23-14-3-1-13(2-4-14)17(26)25-9-11-28-12-10-25/h1-8H,9-12H2,(H2,23,24,27). The molecule has 1 aliphatic rings. The second kappa shape index (κ2) is 8.82. The first kappa shape index (κ1) is 20.5. The summed E-state index contributed by atoms with van der Waals surface area (Å²) in [5.41, 5.74) is 1.24. The van der Waals surface area contributed by atoms with E-state index in [1.165, 1.54) is 12.1 Å². The summed E-state index contributed by atoms with van der Waals surface area (Å²) in [6.07, 6.45) is -4.78. The second-order valence-electron chi connectivity index (χ2n) is 6.13. The second-order valence-corrected chi connectivity index (χ2v) is 6.13. The van der Waals surface area contributed by atoms with Gasteiger partial charge < -0.3 is 25.0 Å². The Morgan fingerprint density at radius 3 is 1.93 bits per heavy atom. The highest BCUT2D eigenvalue weighted by Gasteiger charge is 2.31. The molecule has 0 saturated carbocycles. The van der Waals surface area contributed by atoms with E-state index < -0.39 is 12.4 Å². The Morgan fingerprint density at radius 2 is 1.41 bits per heavy atom. The largest absolute Gasteiger partial charge is 0.573 e. The topological polar surface area (TPSA) is 79.9 Å². The van der Waals surface area contributed by atoms with Gasteiger partial charge in [-0.2, -0.15) is 0 Å². The Labute approximate surface area is 164 Å². The molecule has 1 saturated heterocycles. The lowest BCUT2D eigenvalue weighted by Gasteiger charge is -2.26. The Morgan fingerprint density at radius 1 is 0.897 bits per heavy atom. The fourth-order valence-electron chi connectivity index (χ4n) is 2.68. The zero-order chi connectivity index (χ0) is 20.9. The first-order valence-electron chi connectivity index (χ1n) is 8.71. The van der Waals surface area contributed by atoms with Crippen molar-refractivity contribution in [2.45, 2.75) is 6.36 Å². The van der Waals surface area contributed by atoms with Crippen LogP contribution in [0.4, 0.5) is 29.3 Å². The highest BCUT2D eigenvalue weighted by Crippen LogP contribution is 2.24. The van der Waals surface area contributed by atoms with Crippen molar-refractivity contribution >= 4 is 23.3 Å². The summed E-state index contributed by atoms with van der Waals surface area (Å²) in [4.78, 5) is 26.1. The number of ether oxygens (including phenoxy) is 2. The average Bonchev–Trinajstić information content (AvgIpc) is 2.69. The Bertz CT molecular complexity index is 848. The number of urea groups is 1. The maximum absolute atomic E-state index is 12.4. The fourth-order valence-corrected chi connectivity index (χ4v) is 2.68. The van der Waals surface area contributed by atoms with E-state index in [0.29, 0.717) is 37.6 Å². The molecular weight excluding hydrogens is 391 g/mol. The van der Waals surface area contributed by atoms with Gasteiger partial charge in [-0.05, 0) is 48.5 Å².